The first kappa shape index (κ1) is 22.8. The summed E-state index contributed by atoms with van der Waals surface area (Å²) in [5, 5.41) is 58.9. The molecule has 0 spiro atoms. The van der Waals surface area contributed by atoms with E-state index in [0.717, 1.165) is 0 Å². The van der Waals surface area contributed by atoms with Gasteiger partial charge in [-0.15, -0.1) is 0 Å². The van der Waals surface area contributed by atoms with Crippen LogP contribution in [0.3, 0.4) is 0 Å². The third-order valence-corrected chi connectivity index (χ3v) is 4.16. The summed E-state index contributed by atoms with van der Waals surface area (Å²) in [6.07, 6.45) is -1.52. The lowest BCUT2D eigenvalue weighted by Gasteiger charge is -2.21. The van der Waals surface area contributed by atoms with Crippen LogP contribution in [-0.4, -0.2) is 64.8 Å². The van der Waals surface area contributed by atoms with E-state index < -0.39 is 30.3 Å². The van der Waals surface area contributed by atoms with Gasteiger partial charge in [-0.05, 0) is 25.0 Å². The van der Waals surface area contributed by atoms with Crippen molar-refractivity contribution in [2.75, 3.05) is 0 Å². The van der Waals surface area contributed by atoms with Gasteiger partial charge in [-0.1, -0.05) is 18.2 Å². The van der Waals surface area contributed by atoms with Crippen LogP contribution in [0.15, 0.2) is 42.7 Å². The molecular formula is C19H25N3O7. The van der Waals surface area contributed by atoms with Gasteiger partial charge in [0.05, 0.1) is 17.6 Å². The van der Waals surface area contributed by atoms with Crippen molar-refractivity contribution in [3.8, 4) is 0 Å². The van der Waals surface area contributed by atoms with Crippen molar-refractivity contribution >= 4 is 5.91 Å². The average molecular weight is 407 g/mol. The number of benzene rings is 1. The molecule has 1 amide bonds. The van der Waals surface area contributed by atoms with Crippen LogP contribution in [0.4, 0.5) is 0 Å². The maximum atomic E-state index is 12.0. The molecule has 0 aliphatic heterocycles. The van der Waals surface area contributed by atoms with Crippen LogP contribution in [0.1, 0.15) is 47.1 Å². The normalized spacial score (nSPS) is 14.8. The smallest absolute Gasteiger partial charge is 0.275 e. The van der Waals surface area contributed by atoms with Crippen LogP contribution < -0.4 is 5.32 Å². The Hall–Kier alpha value is -2.47. The van der Waals surface area contributed by atoms with Crippen molar-refractivity contribution in [2.45, 2.75) is 50.1 Å². The van der Waals surface area contributed by atoms with Crippen LogP contribution in [0, 0.1) is 0 Å². The van der Waals surface area contributed by atoms with Crippen LogP contribution in [0.5, 0.6) is 0 Å². The molecule has 10 heteroatoms. The number of nitrogens with zero attached hydrogens (tertiary/aromatic N) is 2. The first-order valence-corrected chi connectivity index (χ1v) is 9.04. The highest BCUT2D eigenvalue weighted by atomic mass is 16.7. The highest BCUT2D eigenvalue weighted by Crippen LogP contribution is 2.17. The lowest BCUT2D eigenvalue weighted by molar-refractivity contribution is -0.314. The van der Waals surface area contributed by atoms with E-state index in [1.165, 1.54) is 12.4 Å². The van der Waals surface area contributed by atoms with E-state index in [2.05, 4.69) is 15.3 Å². The maximum Gasteiger partial charge on any atom is 0.275 e. The summed E-state index contributed by atoms with van der Waals surface area (Å²) in [5.74, 6) is -3.29. The fourth-order valence-corrected chi connectivity index (χ4v) is 2.55. The predicted octanol–water partition coefficient (Wildman–Crippen LogP) is -1.04. The Morgan fingerprint density at radius 3 is 2.31 bits per heavy atom. The van der Waals surface area contributed by atoms with E-state index >= 15 is 0 Å². The fraction of sp³-hybridized carbons (Fsp3) is 0.421. The first-order valence-electron chi connectivity index (χ1n) is 9.04. The molecule has 7 N–H and O–H groups in total. The van der Waals surface area contributed by atoms with Gasteiger partial charge in [0.15, 0.2) is 6.23 Å². The van der Waals surface area contributed by atoms with Crippen molar-refractivity contribution in [3.05, 3.63) is 59.7 Å². The van der Waals surface area contributed by atoms with Crippen molar-refractivity contribution in [3.63, 3.8) is 0 Å². The Morgan fingerprint density at radius 2 is 1.72 bits per heavy atom. The Balaban J connectivity index is 1.83. The number of carbonyl (C=O) groups is 1. The van der Waals surface area contributed by atoms with Crippen LogP contribution >= 0.6 is 0 Å². The first-order chi connectivity index (χ1) is 13.7. The van der Waals surface area contributed by atoms with Gasteiger partial charge in [0.2, 0.25) is 0 Å². The quantitative estimate of drug-likeness (QED) is 0.243. The number of aliphatic hydroxyl groups excluding tert-OH is 3. The highest BCUT2D eigenvalue weighted by molar-refractivity contribution is 5.94. The summed E-state index contributed by atoms with van der Waals surface area (Å²) in [6.45, 7) is 0. The summed E-state index contributed by atoms with van der Waals surface area (Å²) >= 11 is 0. The standard InChI is InChI=1S/C19H25N3O7/c23-15(14-11-20-13(10-21-14)7-4-8-19(27,28)29)9-16(24)18(26)22-17(25)12-5-2-1-3-6-12/h1-3,5-6,10-11,15-16,18,23-24,26-29H,4,7-9H2,(H,22,25). The number of aromatic nitrogens is 2. The summed E-state index contributed by atoms with van der Waals surface area (Å²) in [6, 6.07) is 8.18. The molecule has 0 radical (unpaired) electrons. The molecular weight excluding hydrogens is 382 g/mol. The summed E-state index contributed by atoms with van der Waals surface area (Å²) < 4.78 is 0. The molecule has 1 heterocycles. The molecule has 0 bridgehead atoms. The van der Waals surface area contributed by atoms with Gasteiger partial charge in [-0.3, -0.25) is 14.8 Å². The van der Waals surface area contributed by atoms with Gasteiger partial charge < -0.3 is 36.0 Å². The van der Waals surface area contributed by atoms with E-state index in [4.69, 9.17) is 15.3 Å². The maximum absolute atomic E-state index is 12.0. The van der Waals surface area contributed by atoms with Gasteiger partial charge in [-0.2, -0.15) is 0 Å². The van der Waals surface area contributed by atoms with E-state index in [1.54, 1.807) is 30.3 Å². The summed E-state index contributed by atoms with van der Waals surface area (Å²) in [5.41, 5.74) is 0.998. The Bertz CT molecular complexity index is 766. The van der Waals surface area contributed by atoms with Gasteiger partial charge in [0, 0.05) is 24.6 Å². The van der Waals surface area contributed by atoms with Gasteiger partial charge in [0.1, 0.15) is 12.2 Å². The second-order valence-corrected chi connectivity index (χ2v) is 6.66. The molecule has 0 aliphatic rings. The molecule has 0 saturated heterocycles. The SMILES string of the molecule is O=C(NC(O)C(O)CC(O)c1cnc(CCCC(O)(O)O)cn1)c1ccccc1. The number of aliphatic hydroxyl groups is 6. The molecule has 1 aromatic heterocycles. The molecule has 2 rings (SSSR count). The van der Waals surface area contributed by atoms with Crippen molar-refractivity contribution in [1.29, 1.82) is 0 Å². The molecule has 0 fully saturated rings. The predicted molar refractivity (Wildman–Crippen MR) is 99.9 cm³/mol. The van der Waals surface area contributed by atoms with E-state index in [9.17, 15) is 20.1 Å². The Kier molecular flexibility index (Phi) is 8.14. The number of nitrogens with one attached hydrogen (secondary N) is 1. The second-order valence-electron chi connectivity index (χ2n) is 6.66. The van der Waals surface area contributed by atoms with Crippen molar-refractivity contribution in [2.24, 2.45) is 0 Å². The van der Waals surface area contributed by atoms with Crippen LogP contribution in [0.25, 0.3) is 0 Å². The molecule has 3 atom stereocenters. The largest absolute Gasteiger partial charge is 0.388 e. The summed E-state index contributed by atoms with van der Waals surface area (Å²) in [7, 11) is 0. The van der Waals surface area contributed by atoms with E-state index in [1.807, 2.05) is 0 Å². The Morgan fingerprint density at radius 1 is 1.03 bits per heavy atom. The third kappa shape index (κ3) is 7.81. The van der Waals surface area contributed by atoms with Crippen LogP contribution in [0.2, 0.25) is 0 Å². The van der Waals surface area contributed by atoms with Gasteiger partial charge in [0.25, 0.3) is 11.9 Å². The summed E-state index contributed by atoms with van der Waals surface area (Å²) in [4.78, 5) is 20.1. The minimum atomic E-state index is -2.73. The minimum absolute atomic E-state index is 0.162. The van der Waals surface area contributed by atoms with Crippen molar-refractivity contribution < 1.29 is 35.4 Å². The number of carbonyl (C=O) groups excluding carboxylic acids is 1. The number of hydrogen-bond acceptors (Lipinski definition) is 9. The molecule has 2 aromatic rings. The molecule has 29 heavy (non-hydrogen) atoms. The van der Waals surface area contributed by atoms with Crippen molar-refractivity contribution in [1.82, 2.24) is 15.3 Å². The average Bonchev–Trinajstić information content (AvgIpc) is 2.68. The monoisotopic (exact) mass is 407 g/mol. The fourth-order valence-electron chi connectivity index (χ4n) is 2.55. The molecule has 1 aromatic carbocycles. The van der Waals surface area contributed by atoms with Gasteiger partial charge in [-0.25, -0.2) is 0 Å². The zero-order chi connectivity index (χ0) is 21.4. The number of hydrogen-bond donors (Lipinski definition) is 7. The Labute approximate surface area is 167 Å². The molecule has 10 nitrogen and oxygen atoms in total. The topological polar surface area (TPSA) is 176 Å². The zero-order valence-electron chi connectivity index (χ0n) is 15.6. The van der Waals surface area contributed by atoms with Gasteiger partial charge >= 0.3 is 0 Å². The highest BCUT2D eigenvalue weighted by Gasteiger charge is 2.24. The zero-order valence-corrected chi connectivity index (χ0v) is 15.6. The molecule has 158 valence electrons. The van der Waals surface area contributed by atoms with E-state index in [0.29, 0.717) is 17.7 Å². The molecule has 0 aliphatic carbocycles. The second kappa shape index (κ2) is 10.3. The lowest BCUT2D eigenvalue weighted by Crippen LogP contribution is -2.43. The third-order valence-electron chi connectivity index (χ3n) is 4.16. The minimum Gasteiger partial charge on any atom is -0.388 e. The van der Waals surface area contributed by atoms with Crippen LogP contribution in [-0.2, 0) is 6.42 Å². The molecule has 3 unspecified atom stereocenters. The van der Waals surface area contributed by atoms with E-state index in [-0.39, 0.29) is 25.0 Å². The molecule has 0 saturated carbocycles. The lowest BCUT2D eigenvalue weighted by atomic mass is 10.1. The number of aryl methyl sites for hydroxylation is 1. The number of rotatable bonds is 10. The number of amides is 1.